The Balaban J connectivity index is 2.05. The Bertz CT molecular complexity index is 597. The summed E-state index contributed by atoms with van der Waals surface area (Å²) >= 11 is 0. The third kappa shape index (κ3) is 4.08. The lowest BCUT2D eigenvalue weighted by atomic mass is 9.87. The summed E-state index contributed by atoms with van der Waals surface area (Å²) in [5.74, 6) is 0.801. The highest BCUT2D eigenvalue weighted by Crippen LogP contribution is 2.26. The second-order valence-electron chi connectivity index (χ2n) is 6.46. The van der Waals surface area contributed by atoms with Gasteiger partial charge in [-0.2, -0.15) is 0 Å². The zero-order valence-electron chi connectivity index (χ0n) is 13.3. The van der Waals surface area contributed by atoms with Crippen LogP contribution in [-0.2, 0) is 5.41 Å². The summed E-state index contributed by atoms with van der Waals surface area (Å²) in [5, 5.41) is 10.3. The molecule has 0 bridgehead atoms. The van der Waals surface area contributed by atoms with E-state index in [4.69, 9.17) is 4.74 Å². The predicted molar refractivity (Wildman–Crippen MR) is 86.8 cm³/mol. The van der Waals surface area contributed by atoms with Crippen molar-refractivity contribution in [3.63, 3.8) is 0 Å². The van der Waals surface area contributed by atoms with Gasteiger partial charge in [0.25, 0.3) is 0 Å². The average molecular weight is 284 g/mol. The molecule has 0 aromatic heterocycles. The summed E-state index contributed by atoms with van der Waals surface area (Å²) in [6.07, 6.45) is -0.607. The molecule has 0 amide bonds. The van der Waals surface area contributed by atoms with E-state index in [1.165, 1.54) is 5.56 Å². The Hall–Kier alpha value is -1.80. The fourth-order valence-corrected chi connectivity index (χ4v) is 2.28. The lowest BCUT2D eigenvalue weighted by molar-refractivity contribution is 0.107. The van der Waals surface area contributed by atoms with Gasteiger partial charge < -0.3 is 9.84 Å². The summed E-state index contributed by atoms with van der Waals surface area (Å²) < 4.78 is 5.76. The minimum Gasteiger partial charge on any atom is -0.491 e. The number of benzene rings is 2. The van der Waals surface area contributed by atoms with E-state index in [1.807, 2.05) is 49.4 Å². The Morgan fingerprint density at radius 2 is 1.76 bits per heavy atom. The molecule has 2 rings (SSSR count). The summed E-state index contributed by atoms with van der Waals surface area (Å²) in [5.41, 5.74) is 3.32. The SMILES string of the molecule is Cc1ccccc1C(O)COc1cccc(C(C)(C)C)c1. The fourth-order valence-electron chi connectivity index (χ4n) is 2.28. The molecule has 1 atom stereocenters. The van der Waals surface area contributed by atoms with E-state index in [0.29, 0.717) is 0 Å². The van der Waals surface area contributed by atoms with Crippen molar-refractivity contribution in [3.8, 4) is 5.75 Å². The van der Waals surface area contributed by atoms with E-state index in [0.717, 1.165) is 16.9 Å². The first-order valence-electron chi connectivity index (χ1n) is 7.35. The van der Waals surface area contributed by atoms with Crippen molar-refractivity contribution in [2.75, 3.05) is 6.61 Å². The highest BCUT2D eigenvalue weighted by atomic mass is 16.5. The van der Waals surface area contributed by atoms with Crippen LogP contribution in [0.3, 0.4) is 0 Å². The topological polar surface area (TPSA) is 29.5 Å². The number of ether oxygens (including phenoxy) is 1. The van der Waals surface area contributed by atoms with Crippen molar-refractivity contribution in [3.05, 3.63) is 65.2 Å². The van der Waals surface area contributed by atoms with Crippen LogP contribution >= 0.6 is 0 Å². The molecule has 1 unspecified atom stereocenters. The van der Waals surface area contributed by atoms with Gasteiger partial charge in [-0.05, 0) is 41.2 Å². The van der Waals surface area contributed by atoms with E-state index < -0.39 is 6.10 Å². The maximum absolute atomic E-state index is 10.3. The molecule has 112 valence electrons. The molecule has 2 aromatic rings. The lowest BCUT2D eigenvalue weighted by Gasteiger charge is -2.20. The summed E-state index contributed by atoms with van der Waals surface area (Å²) in [6, 6.07) is 15.9. The van der Waals surface area contributed by atoms with Gasteiger partial charge in [0.15, 0.2) is 0 Å². The highest BCUT2D eigenvalue weighted by molar-refractivity contribution is 5.33. The summed E-state index contributed by atoms with van der Waals surface area (Å²) in [7, 11) is 0. The van der Waals surface area contributed by atoms with Crippen molar-refractivity contribution >= 4 is 0 Å². The molecule has 2 aromatic carbocycles. The monoisotopic (exact) mass is 284 g/mol. The quantitative estimate of drug-likeness (QED) is 0.901. The zero-order chi connectivity index (χ0) is 15.5. The third-order valence-electron chi connectivity index (χ3n) is 3.66. The number of aryl methyl sites for hydroxylation is 1. The molecular weight excluding hydrogens is 260 g/mol. The van der Waals surface area contributed by atoms with Crippen LogP contribution < -0.4 is 4.74 Å². The molecule has 0 heterocycles. The van der Waals surface area contributed by atoms with Crippen LogP contribution in [-0.4, -0.2) is 11.7 Å². The Labute approximate surface area is 127 Å². The van der Waals surface area contributed by atoms with E-state index >= 15 is 0 Å². The third-order valence-corrected chi connectivity index (χ3v) is 3.66. The highest BCUT2D eigenvalue weighted by Gasteiger charge is 2.15. The van der Waals surface area contributed by atoms with Crippen molar-refractivity contribution in [1.82, 2.24) is 0 Å². The van der Waals surface area contributed by atoms with Crippen LogP contribution in [0.1, 0.15) is 43.6 Å². The molecule has 2 heteroatoms. The molecule has 0 aliphatic rings. The van der Waals surface area contributed by atoms with Crippen LogP contribution in [0.5, 0.6) is 5.75 Å². The van der Waals surface area contributed by atoms with Crippen LogP contribution in [0, 0.1) is 6.92 Å². The first kappa shape index (κ1) is 15.6. The number of aliphatic hydroxyl groups is 1. The molecule has 0 radical (unpaired) electrons. The van der Waals surface area contributed by atoms with Gasteiger partial charge in [0.05, 0.1) is 0 Å². The molecule has 2 nitrogen and oxygen atoms in total. The lowest BCUT2D eigenvalue weighted by Crippen LogP contribution is -2.13. The Kier molecular flexibility index (Phi) is 4.69. The second-order valence-corrected chi connectivity index (χ2v) is 6.46. The average Bonchev–Trinajstić information content (AvgIpc) is 2.45. The van der Waals surface area contributed by atoms with Crippen LogP contribution in [0.2, 0.25) is 0 Å². The van der Waals surface area contributed by atoms with Gasteiger partial charge in [-0.25, -0.2) is 0 Å². The molecular formula is C19H24O2. The van der Waals surface area contributed by atoms with E-state index in [9.17, 15) is 5.11 Å². The minimum absolute atomic E-state index is 0.0913. The molecule has 0 saturated heterocycles. The summed E-state index contributed by atoms with van der Waals surface area (Å²) in [6.45, 7) is 8.79. The number of hydrogen-bond acceptors (Lipinski definition) is 2. The molecule has 21 heavy (non-hydrogen) atoms. The molecule has 0 fully saturated rings. The molecule has 0 aliphatic heterocycles. The first-order chi connectivity index (χ1) is 9.88. The van der Waals surface area contributed by atoms with Crippen molar-refractivity contribution in [2.45, 2.75) is 39.2 Å². The smallest absolute Gasteiger partial charge is 0.119 e. The molecule has 0 spiro atoms. The van der Waals surface area contributed by atoms with E-state index in [1.54, 1.807) is 0 Å². The number of rotatable bonds is 4. The van der Waals surface area contributed by atoms with Gasteiger partial charge in [-0.1, -0.05) is 57.2 Å². The Morgan fingerprint density at radius 1 is 1.05 bits per heavy atom. The van der Waals surface area contributed by atoms with Gasteiger partial charge in [0.2, 0.25) is 0 Å². The van der Waals surface area contributed by atoms with Crippen LogP contribution in [0.4, 0.5) is 0 Å². The van der Waals surface area contributed by atoms with Crippen molar-refractivity contribution in [1.29, 1.82) is 0 Å². The standard InChI is InChI=1S/C19H24O2/c1-14-8-5-6-11-17(14)18(20)13-21-16-10-7-9-15(12-16)19(2,3)4/h5-12,18,20H,13H2,1-4H3. The zero-order valence-corrected chi connectivity index (χ0v) is 13.3. The Morgan fingerprint density at radius 3 is 2.43 bits per heavy atom. The molecule has 1 N–H and O–H groups in total. The maximum Gasteiger partial charge on any atom is 0.119 e. The van der Waals surface area contributed by atoms with E-state index in [-0.39, 0.29) is 12.0 Å². The van der Waals surface area contributed by atoms with Gasteiger partial charge in [-0.3, -0.25) is 0 Å². The van der Waals surface area contributed by atoms with Crippen molar-refractivity contribution in [2.24, 2.45) is 0 Å². The van der Waals surface area contributed by atoms with Gasteiger partial charge in [-0.15, -0.1) is 0 Å². The van der Waals surface area contributed by atoms with Gasteiger partial charge in [0.1, 0.15) is 18.5 Å². The predicted octanol–water partition coefficient (Wildman–Crippen LogP) is 4.40. The number of hydrogen-bond donors (Lipinski definition) is 1. The normalized spacial score (nSPS) is 13.0. The fraction of sp³-hybridized carbons (Fsp3) is 0.368. The largest absolute Gasteiger partial charge is 0.491 e. The molecule has 0 aliphatic carbocycles. The maximum atomic E-state index is 10.3. The van der Waals surface area contributed by atoms with Crippen LogP contribution in [0.15, 0.2) is 48.5 Å². The summed E-state index contributed by atoms with van der Waals surface area (Å²) in [4.78, 5) is 0. The van der Waals surface area contributed by atoms with Gasteiger partial charge in [0, 0.05) is 0 Å². The number of aliphatic hydroxyl groups excluding tert-OH is 1. The molecule has 0 saturated carbocycles. The van der Waals surface area contributed by atoms with Crippen LogP contribution in [0.25, 0.3) is 0 Å². The first-order valence-corrected chi connectivity index (χ1v) is 7.35. The van der Waals surface area contributed by atoms with Crippen molar-refractivity contribution < 1.29 is 9.84 Å². The van der Waals surface area contributed by atoms with Gasteiger partial charge >= 0.3 is 0 Å². The minimum atomic E-state index is -0.607. The van der Waals surface area contributed by atoms with E-state index in [2.05, 4.69) is 26.8 Å². The second kappa shape index (κ2) is 6.31.